The van der Waals surface area contributed by atoms with Crippen LogP contribution in [0.15, 0.2) is 0 Å². The van der Waals surface area contributed by atoms with Crippen LogP contribution in [0.25, 0.3) is 0 Å². The molecule has 0 saturated carbocycles. The van der Waals surface area contributed by atoms with E-state index in [0.717, 1.165) is 25.8 Å². The van der Waals surface area contributed by atoms with Crippen molar-refractivity contribution in [3.8, 4) is 0 Å². The molecule has 1 fully saturated rings. The molecular formula is C7H15NO. The SMILES string of the molecule is CC[C@@H]1C[C@@H](O)CCN1. The van der Waals surface area contributed by atoms with Gasteiger partial charge in [0.2, 0.25) is 0 Å². The molecule has 2 atom stereocenters. The molecule has 2 N–H and O–H groups in total. The van der Waals surface area contributed by atoms with Crippen LogP contribution in [0.5, 0.6) is 0 Å². The highest BCUT2D eigenvalue weighted by Crippen LogP contribution is 2.09. The zero-order chi connectivity index (χ0) is 6.69. The minimum atomic E-state index is -0.0452. The highest BCUT2D eigenvalue weighted by Gasteiger charge is 2.16. The zero-order valence-corrected chi connectivity index (χ0v) is 5.93. The van der Waals surface area contributed by atoms with Crippen molar-refractivity contribution in [1.82, 2.24) is 5.32 Å². The highest BCUT2D eigenvalue weighted by atomic mass is 16.3. The van der Waals surface area contributed by atoms with Crippen LogP contribution in [0.3, 0.4) is 0 Å². The lowest BCUT2D eigenvalue weighted by Gasteiger charge is -2.25. The molecule has 0 bridgehead atoms. The Labute approximate surface area is 56.3 Å². The maximum Gasteiger partial charge on any atom is 0.0567 e. The molecule has 0 unspecified atom stereocenters. The van der Waals surface area contributed by atoms with E-state index in [1.807, 2.05) is 0 Å². The summed E-state index contributed by atoms with van der Waals surface area (Å²) >= 11 is 0. The van der Waals surface area contributed by atoms with Gasteiger partial charge in [-0.05, 0) is 25.8 Å². The summed E-state index contributed by atoms with van der Waals surface area (Å²) in [6, 6.07) is 0.564. The van der Waals surface area contributed by atoms with E-state index >= 15 is 0 Å². The number of hydrogen-bond donors (Lipinski definition) is 2. The van der Waals surface area contributed by atoms with Gasteiger partial charge >= 0.3 is 0 Å². The largest absolute Gasteiger partial charge is 0.393 e. The predicted molar refractivity (Wildman–Crippen MR) is 37.3 cm³/mol. The lowest BCUT2D eigenvalue weighted by molar-refractivity contribution is 0.115. The molecule has 1 heterocycles. The summed E-state index contributed by atoms with van der Waals surface area (Å²) in [6.07, 6.45) is 2.96. The van der Waals surface area contributed by atoms with Crippen LogP contribution in [-0.2, 0) is 0 Å². The van der Waals surface area contributed by atoms with Crippen molar-refractivity contribution in [2.75, 3.05) is 6.54 Å². The van der Waals surface area contributed by atoms with Crippen LogP contribution in [0, 0.1) is 0 Å². The molecule has 9 heavy (non-hydrogen) atoms. The van der Waals surface area contributed by atoms with Crippen LogP contribution >= 0.6 is 0 Å². The Hall–Kier alpha value is -0.0800. The third kappa shape index (κ3) is 1.95. The molecule has 0 spiro atoms. The van der Waals surface area contributed by atoms with E-state index in [2.05, 4.69) is 12.2 Å². The molecule has 0 aliphatic carbocycles. The second-order valence-corrected chi connectivity index (χ2v) is 2.74. The molecule has 1 rings (SSSR count). The van der Waals surface area contributed by atoms with Crippen molar-refractivity contribution in [3.63, 3.8) is 0 Å². The molecule has 0 aromatic rings. The maximum absolute atomic E-state index is 9.17. The summed E-state index contributed by atoms with van der Waals surface area (Å²) in [6.45, 7) is 3.13. The second kappa shape index (κ2) is 3.18. The first-order valence-electron chi connectivity index (χ1n) is 3.74. The Balaban J connectivity index is 2.23. The number of aliphatic hydroxyl groups is 1. The average molecular weight is 129 g/mol. The summed E-state index contributed by atoms with van der Waals surface area (Å²) < 4.78 is 0. The first-order valence-corrected chi connectivity index (χ1v) is 3.74. The molecule has 0 aromatic heterocycles. The first-order chi connectivity index (χ1) is 4.33. The fourth-order valence-corrected chi connectivity index (χ4v) is 1.29. The monoisotopic (exact) mass is 129 g/mol. The molecule has 0 amide bonds. The minimum Gasteiger partial charge on any atom is -0.393 e. The Kier molecular flexibility index (Phi) is 2.49. The highest BCUT2D eigenvalue weighted by molar-refractivity contribution is 4.75. The number of nitrogens with one attached hydrogen (secondary N) is 1. The average Bonchev–Trinajstić information content (AvgIpc) is 1.88. The van der Waals surface area contributed by atoms with Gasteiger partial charge in [0.1, 0.15) is 0 Å². The zero-order valence-electron chi connectivity index (χ0n) is 5.93. The fraction of sp³-hybridized carbons (Fsp3) is 1.00. The van der Waals surface area contributed by atoms with E-state index in [1.165, 1.54) is 0 Å². The van der Waals surface area contributed by atoms with Gasteiger partial charge in [-0.2, -0.15) is 0 Å². The molecule has 1 aliphatic heterocycles. The van der Waals surface area contributed by atoms with Gasteiger partial charge in [0, 0.05) is 6.04 Å². The Morgan fingerprint density at radius 2 is 2.44 bits per heavy atom. The molecule has 2 nitrogen and oxygen atoms in total. The standard InChI is InChI=1S/C7H15NO/c1-2-6-5-7(9)3-4-8-6/h6-9H,2-5H2,1H3/t6-,7+/m1/s1. The summed E-state index contributed by atoms with van der Waals surface area (Å²) in [5, 5.41) is 12.5. The van der Waals surface area contributed by atoms with E-state index in [4.69, 9.17) is 0 Å². The molecular weight excluding hydrogens is 114 g/mol. The lowest BCUT2D eigenvalue weighted by Crippen LogP contribution is -2.39. The van der Waals surface area contributed by atoms with E-state index < -0.39 is 0 Å². The van der Waals surface area contributed by atoms with Crippen molar-refractivity contribution >= 4 is 0 Å². The van der Waals surface area contributed by atoms with Gasteiger partial charge in [0.25, 0.3) is 0 Å². The third-order valence-electron chi connectivity index (χ3n) is 1.96. The van der Waals surface area contributed by atoms with Crippen molar-refractivity contribution in [1.29, 1.82) is 0 Å². The minimum absolute atomic E-state index is 0.0452. The molecule has 1 saturated heterocycles. The van der Waals surface area contributed by atoms with Crippen LogP contribution in [0.2, 0.25) is 0 Å². The smallest absolute Gasteiger partial charge is 0.0567 e. The van der Waals surface area contributed by atoms with Crippen molar-refractivity contribution < 1.29 is 5.11 Å². The summed E-state index contributed by atoms with van der Waals surface area (Å²) in [7, 11) is 0. The Bertz CT molecular complexity index is 85.0. The van der Waals surface area contributed by atoms with E-state index in [-0.39, 0.29) is 6.10 Å². The van der Waals surface area contributed by atoms with Gasteiger partial charge in [-0.1, -0.05) is 6.92 Å². The Morgan fingerprint density at radius 1 is 1.67 bits per heavy atom. The van der Waals surface area contributed by atoms with E-state index in [0.29, 0.717) is 6.04 Å². The number of rotatable bonds is 1. The van der Waals surface area contributed by atoms with Crippen LogP contribution in [-0.4, -0.2) is 23.8 Å². The lowest BCUT2D eigenvalue weighted by atomic mass is 10.0. The molecule has 0 aromatic carbocycles. The van der Waals surface area contributed by atoms with Gasteiger partial charge in [0.15, 0.2) is 0 Å². The van der Waals surface area contributed by atoms with Crippen LogP contribution < -0.4 is 5.32 Å². The quantitative estimate of drug-likeness (QED) is 0.540. The van der Waals surface area contributed by atoms with Crippen molar-refractivity contribution in [2.45, 2.75) is 38.3 Å². The van der Waals surface area contributed by atoms with Gasteiger partial charge in [-0.25, -0.2) is 0 Å². The van der Waals surface area contributed by atoms with E-state index in [9.17, 15) is 5.11 Å². The predicted octanol–water partition coefficient (Wildman–Crippen LogP) is 0.509. The normalized spacial score (nSPS) is 36.7. The van der Waals surface area contributed by atoms with Crippen LogP contribution in [0.4, 0.5) is 0 Å². The second-order valence-electron chi connectivity index (χ2n) is 2.74. The van der Waals surface area contributed by atoms with Gasteiger partial charge < -0.3 is 10.4 Å². The number of hydrogen-bond acceptors (Lipinski definition) is 2. The van der Waals surface area contributed by atoms with E-state index in [1.54, 1.807) is 0 Å². The molecule has 54 valence electrons. The summed E-state index contributed by atoms with van der Waals surface area (Å²) in [4.78, 5) is 0. The summed E-state index contributed by atoms with van der Waals surface area (Å²) in [5.74, 6) is 0. The summed E-state index contributed by atoms with van der Waals surface area (Å²) in [5.41, 5.74) is 0. The van der Waals surface area contributed by atoms with Gasteiger partial charge in [0.05, 0.1) is 6.10 Å². The number of aliphatic hydroxyl groups excluding tert-OH is 1. The first kappa shape index (κ1) is 7.03. The van der Waals surface area contributed by atoms with Crippen molar-refractivity contribution in [3.05, 3.63) is 0 Å². The van der Waals surface area contributed by atoms with Crippen molar-refractivity contribution in [2.24, 2.45) is 0 Å². The molecule has 0 radical (unpaired) electrons. The Morgan fingerprint density at radius 3 is 2.89 bits per heavy atom. The van der Waals surface area contributed by atoms with Crippen LogP contribution in [0.1, 0.15) is 26.2 Å². The molecule has 1 aliphatic rings. The van der Waals surface area contributed by atoms with Gasteiger partial charge in [-0.15, -0.1) is 0 Å². The van der Waals surface area contributed by atoms with Gasteiger partial charge in [-0.3, -0.25) is 0 Å². The maximum atomic E-state index is 9.17. The topological polar surface area (TPSA) is 32.3 Å². The molecule has 2 heteroatoms. The third-order valence-corrected chi connectivity index (χ3v) is 1.96. The fourth-order valence-electron chi connectivity index (χ4n) is 1.29. The number of piperidine rings is 1.